The van der Waals surface area contributed by atoms with Crippen LogP contribution in [-0.4, -0.2) is 263 Å². The van der Waals surface area contributed by atoms with E-state index in [1.807, 2.05) is 30.5 Å². The third-order valence-electron chi connectivity index (χ3n) is 15.0. The van der Waals surface area contributed by atoms with Crippen LogP contribution in [0.3, 0.4) is 0 Å². The molecule has 3 amide bonds. The zero-order valence-electron chi connectivity index (χ0n) is 50.6. The highest BCUT2D eigenvalue weighted by atomic mass is 32.2. The molecule has 0 radical (unpaired) electrons. The number of carboxylic acids is 5. The number of ketones is 3. The molecule has 2 heterocycles. The first-order chi connectivity index (χ1) is 42.6. The van der Waals surface area contributed by atoms with E-state index in [0.717, 1.165) is 26.5 Å². The van der Waals surface area contributed by atoms with Crippen molar-refractivity contribution in [1.29, 1.82) is 0 Å². The van der Waals surface area contributed by atoms with Crippen LogP contribution in [0.5, 0.6) is 0 Å². The summed E-state index contributed by atoms with van der Waals surface area (Å²) >= 11 is 7.19. The first-order valence-electron chi connectivity index (χ1n) is 29.9. The summed E-state index contributed by atoms with van der Waals surface area (Å²) in [5, 5.41) is 51.1. The van der Waals surface area contributed by atoms with E-state index < -0.39 is 77.8 Å². The number of ether oxygens (including phenoxy) is 3. The molecule has 3 atom stereocenters. The lowest BCUT2D eigenvalue weighted by atomic mass is 9.93. The quantitative estimate of drug-likeness (QED) is 0.0240. The number of amides is 3. The highest BCUT2D eigenvalue weighted by molar-refractivity contribution is 7.98. The number of aryl methyl sites for hydroxylation is 1. The number of carboxylic acid groups (broad SMARTS) is 5. The zero-order valence-corrected chi connectivity index (χ0v) is 52.3. The number of hydrogen-bond acceptors (Lipinski definition) is 20. The number of thiocarbonyl (C=S) groups is 1. The number of Topliss-reactive ketones (excluding diaryl/α,β-unsaturated/α-hetero) is 3. The number of rotatable bonds is 44. The fourth-order valence-corrected chi connectivity index (χ4v) is 11.1. The van der Waals surface area contributed by atoms with Crippen LogP contribution in [0, 0.1) is 11.8 Å². The number of aliphatic carboxylic acids is 5. The molecule has 0 saturated carbocycles. The van der Waals surface area contributed by atoms with Gasteiger partial charge in [0, 0.05) is 114 Å². The minimum atomic E-state index is -1.17. The predicted octanol–water partition coefficient (Wildman–Crippen LogP) is 2.92. The van der Waals surface area contributed by atoms with Crippen LogP contribution < -0.4 is 5.32 Å². The lowest BCUT2D eigenvalue weighted by Gasteiger charge is -2.37. The van der Waals surface area contributed by atoms with E-state index in [0.29, 0.717) is 82.5 Å². The molecule has 0 bridgehead atoms. The van der Waals surface area contributed by atoms with E-state index in [1.165, 1.54) is 23.9 Å². The van der Waals surface area contributed by atoms with Crippen molar-refractivity contribution in [1.82, 2.24) is 29.8 Å². The van der Waals surface area contributed by atoms with Gasteiger partial charge in [0.25, 0.3) is 11.8 Å². The molecule has 0 spiro atoms. The number of benzene rings is 2. The van der Waals surface area contributed by atoms with E-state index in [-0.39, 0.29) is 136 Å². The van der Waals surface area contributed by atoms with Crippen molar-refractivity contribution >= 4 is 93.8 Å². The van der Waals surface area contributed by atoms with Crippen molar-refractivity contribution in [3.05, 3.63) is 82.9 Å². The molecule has 2 aromatic rings. The summed E-state index contributed by atoms with van der Waals surface area (Å²) in [5.41, 5.74) is 2.98. The van der Waals surface area contributed by atoms with Crippen LogP contribution in [0.15, 0.2) is 60.7 Å². The van der Waals surface area contributed by atoms with Crippen LogP contribution in [0.25, 0.3) is 0 Å². The Labute approximate surface area is 528 Å². The summed E-state index contributed by atoms with van der Waals surface area (Å²) in [6.07, 6.45) is 7.82. The Morgan fingerprint density at radius 1 is 0.629 bits per heavy atom. The van der Waals surface area contributed by atoms with Crippen molar-refractivity contribution in [3.63, 3.8) is 0 Å². The van der Waals surface area contributed by atoms with E-state index in [9.17, 15) is 78.3 Å². The second-order valence-electron chi connectivity index (χ2n) is 22.1. The molecule has 0 aromatic heterocycles. The van der Waals surface area contributed by atoms with Crippen LogP contribution >= 0.6 is 24.0 Å². The van der Waals surface area contributed by atoms with Crippen LogP contribution in [0.4, 0.5) is 0 Å². The van der Waals surface area contributed by atoms with Gasteiger partial charge in [0.2, 0.25) is 5.91 Å². The average Bonchev–Trinajstić information content (AvgIpc) is 2.94. The SMILES string of the molecule is CSCC[C@H](CC(=O)c1cccc(CCC(=O)COCCOCCOCCCC(=S)Cc2ccc(CC3CN(CC(=O)O)CCN(CC(=O)O)CCN(CC(=O)O)CCN3CC(=O)O)cc2)c1)C(=O)NCC(=O)C[C@@H](CCCCN1C(=O)C=CC1=O)C(=O)O. The molecule has 1 unspecified atom stereocenters. The van der Waals surface area contributed by atoms with Crippen molar-refractivity contribution in [2.45, 2.75) is 83.1 Å². The Morgan fingerprint density at radius 3 is 1.83 bits per heavy atom. The monoisotopic (exact) mass is 1280 g/mol. The summed E-state index contributed by atoms with van der Waals surface area (Å²) in [5.74, 6) is -8.88. The minimum Gasteiger partial charge on any atom is -0.481 e. The molecule has 2 aromatic carbocycles. The van der Waals surface area contributed by atoms with Crippen molar-refractivity contribution in [2.24, 2.45) is 11.8 Å². The van der Waals surface area contributed by atoms with E-state index in [2.05, 4.69) is 5.32 Å². The maximum Gasteiger partial charge on any atom is 0.317 e. The van der Waals surface area contributed by atoms with Gasteiger partial charge < -0.3 is 45.1 Å². The van der Waals surface area contributed by atoms with Crippen molar-refractivity contribution in [3.8, 4) is 0 Å². The van der Waals surface area contributed by atoms with Crippen LogP contribution in [0.2, 0.25) is 0 Å². The fourth-order valence-electron chi connectivity index (χ4n) is 10.2. The minimum absolute atomic E-state index is 0.114. The Kier molecular flexibility index (Phi) is 34.9. The molecule has 2 aliphatic rings. The molecule has 4 rings (SSSR count). The number of nitrogens with one attached hydrogen (secondary N) is 1. The van der Waals surface area contributed by atoms with Gasteiger partial charge in [-0.25, -0.2) is 0 Å². The van der Waals surface area contributed by atoms with Crippen LogP contribution in [-0.2, 0) is 81.4 Å². The largest absolute Gasteiger partial charge is 0.481 e. The van der Waals surface area contributed by atoms with Gasteiger partial charge in [-0.05, 0) is 84.6 Å². The highest BCUT2D eigenvalue weighted by Gasteiger charge is 2.30. The maximum absolute atomic E-state index is 13.5. The number of carbonyl (C=O) groups excluding carboxylic acids is 6. The van der Waals surface area contributed by atoms with Gasteiger partial charge in [-0.2, -0.15) is 11.8 Å². The standard InChI is InChI=1S/C62H86N6O19S2/c1-89-31-18-48(61(82)63-37-52(70)35-49(62(83)84)7-2-3-19-68-55(72)16-17-56(68)73)36-54(71)47-8-4-6-44(32-47)14-15-51(69)43-87-30-29-86-28-27-85-26-5-9-53(88)34-46-12-10-45(11-13-46)33-50-38-66(41-59(78)79)23-22-64(39-57(74)75)20-21-65(40-58(76)77)24-25-67(50)42-60(80)81/h4,6,8,10-13,16-17,32,48-50H,2-3,5,7,9,14-15,18-31,33-43H2,1H3,(H,63,82)(H,74,75)(H,76,77)(H,78,79)(H,80,81)(H,83,84)/t48-,49-,50?/m1/s1. The molecular weight excluding hydrogens is 1200 g/mol. The third-order valence-corrected chi connectivity index (χ3v) is 16.0. The average molecular weight is 1280 g/mol. The van der Waals surface area contributed by atoms with E-state index in [1.54, 1.807) is 43.9 Å². The van der Waals surface area contributed by atoms with Gasteiger partial charge in [0.1, 0.15) is 6.61 Å². The topological polar surface area (TPSA) is 345 Å². The number of imide groups is 1. The smallest absolute Gasteiger partial charge is 0.317 e. The zero-order chi connectivity index (χ0) is 65.1. The summed E-state index contributed by atoms with van der Waals surface area (Å²) in [4.78, 5) is 144. The Balaban J connectivity index is 1.11. The normalized spacial score (nSPS) is 16.3. The number of unbranched alkanes of at least 4 members (excludes halogenated alkanes) is 1. The van der Waals surface area contributed by atoms with E-state index in [4.69, 9.17) is 26.4 Å². The first-order valence-corrected chi connectivity index (χ1v) is 31.7. The van der Waals surface area contributed by atoms with Crippen LogP contribution in [0.1, 0.15) is 84.8 Å². The lowest BCUT2D eigenvalue weighted by Crippen LogP contribution is -2.53. The number of hydrogen-bond donors (Lipinski definition) is 6. The number of nitrogens with zero attached hydrogens (tertiary/aromatic N) is 5. The lowest BCUT2D eigenvalue weighted by molar-refractivity contribution is -0.144. The number of carbonyl (C=O) groups is 11. The Morgan fingerprint density at radius 2 is 1.21 bits per heavy atom. The maximum atomic E-state index is 13.5. The molecule has 27 heteroatoms. The number of thioether (sulfide) groups is 1. The van der Waals surface area contributed by atoms with Crippen molar-refractivity contribution < 1.29 is 92.5 Å². The molecule has 490 valence electrons. The molecule has 25 nitrogen and oxygen atoms in total. The van der Waals surface area contributed by atoms with Gasteiger partial charge in [-0.3, -0.25) is 77.2 Å². The van der Waals surface area contributed by atoms with E-state index >= 15 is 0 Å². The van der Waals surface area contributed by atoms with Gasteiger partial charge in [-0.1, -0.05) is 61.1 Å². The second kappa shape index (κ2) is 41.6. The highest BCUT2D eigenvalue weighted by Crippen LogP contribution is 2.21. The summed E-state index contributed by atoms with van der Waals surface area (Å²) in [6.45, 7) is 1.27. The fraction of sp³-hybridized carbons (Fsp3) is 0.581. The molecule has 89 heavy (non-hydrogen) atoms. The molecule has 6 N–H and O–H groups in total. The summed E-state index contributed by atoms with van der Waals surface area (Å²) in [7, 11) is 0. The summed E-state index contributed by atoms with van der Waals surface area (Å²) in [6, 6.07) is 14.1. The van der Waals surface area contributed by atoms with Gasteiger partial charge >= 0.3 is 29.8 Å². The van der Waals surface area contributed by atoms with Crippen molar-refractivity contribution in [2.75, 3.05) is 137 Å². The van der Waals surface area contributed by atoms with Gasteiger partial charge in [0.15, 0.2) is 17.3 Å². The Bertz CT molecular complexity index is 2710. The van der Waals surface area contributed by atoms with Gasteiger partial charge in [0.05, 0.1) is 65.1 Å². The molecular formula is C62H86N6O19S2. The second-order valence-corrected chi connectivity index (χ2v) is 23.7. The molecule has 0 aliphatic carbocycles. The first kappa shape index (κ1) is 74.8. The molecule has 2 aliphatic heterocycles. The Hall–Kier alpha value is -6.69. The predicted molar refractivity (Wildman–Crippen MR) is 332 cm³/mol. The molecule has 1 saturated heterocycles. The third kappa shape index (κ3) is 31.1. The summed E-state index contributed by atoms with van der Waals surface area (Å²) < 4.78 is 16.9. The van der Waals surface area contributed by atoms with Gasteiger partial charge in [-0.15, -0.1) is 0 Å². The molecule has 1 fully saturated rings.